The summed E-state index contributed by atoms with van der Waals surface area (Å²) in [4.78, 5) is 0. The van der Waals surface area contributed by atoms with Crippen LogP contribution in [0.5, 0.6) is 5.75 Å². The Bertz CT molecular complexity index is 622. The maximum Gasteiger partial charge on any atom is 0.154 e. The first-order chi connectivity index (χ1) is 8.70. The van der Waals surface area contributed by atoms with Crippen molar-refractivity contribution in [2.45, 2.75) is 0 Å². The molecule has 0 heterocycles. The van der Waals surface area contributed by atoms with Crippen molar-refractivity contribution in [3.63, 3.8) is 0 Å². The van der Waals surface area contributed by atoms with Gasteiger partial charge in [0.25, 0.3) is 0 Å². The minimum Gasteiger partial charge on any atom is -0.490 e. The van der Waals surface area contributed by atoms with Crippen LogP contribution in [0.2, 0.25) is 0 Å². The van der Waals surface area contributed by atoms with Gasteiger partial charge in [-0.15, -0.1) is 0 Å². The number of hydrogen-bond acceptors (Lipinski definition) is 6. The lowest BCUT2D eigenvalue weighted by Gasteiger charge is -2.08. The van der Waals surface area contributed by atoms with Gasteiger partial charge < -0.3 is 10.5 Å². The molecule has 0 radical (unpaired) electrons. The third-order valence-electron chi connectivity index (χ3n) is 2.34. The van der Waals surface area contributed by atoms with Crippen molar-refractivity contribution >= 4 is 25.4 Å². The van der Waals surface area contributed by atoms with Gasteiger partial charge in [0, 0.05) is 6.26 Å². The fraction of sp³-hybridized carbons (Fsp3) is 0.455. The Labute approximate surface area is 113 Å². The van der Waals surface area contributed by atoms with Crippen molar-refractivity contribution in [3.05, 3.63) is 24.3 Å². The number of nitrogens with two attached hydrogens (primary N) is 1. The van der Waals surface area contributed by atoms with E-state index in [1.54, 1.807) is 24.3 Å². The van der Waals surface area contributed by atoms with E-state index in [4.69, 9.17) is 10.5 Å². The fourth-order valence-electron chi connectivity index (χ4n) is 1.27. The molecule has 8 heteroatoms. The minimum atomic E-state index is -3.44. The third kappa shape index (κ3) is 6.44. The van der Waals surface area contributed by atoms with E-state index in [9.17, 15) is 16.8 Å². The molecule has 0 aromatic heterocycles. The van der Waals surface area contributed by atoms with Crippen LogP contribution in [0.4, 0.5) is 5.69 Å². The molecule has 108 valence electrons. The molecule has 6 nitrogen and oxygen atoms in total. The number of ether oxygens (including phenoxy) is 1. The lowest BCUT2D eigenvalue weighted by atomic mass is 10.3. The van der Waals surface area contributed by atoms with E-state index < -0.39 is 19.7 Å². The highest BCUT2D eigenvalue weighted by molar-refractivity contribution is 7.94. The zero-order valence-electron chi connectivity index (χ0n) is 10.6. The fourth-order valence-corrected chi connectivity index (χ4v) is 4.04. The molecular weight excluding hydrogens is 290 g/mol. The van der Waals surface area contributed by atoms with E-state index in [1.807, 2.05) is 0 Å². The summed E-state index contributed by atoms with van der Waals surface area (Å²) in [5.74, 6) is -0.583. The molecule has 0 saturated carbocycles. The largest absolute Gasteiger partial charge is 0.490 e. The van der Waals surface area contributed by atoms with E-state index in [1.165, 1.54) is 0 Å². The summed E-state index contributed by atoms with van der Waals surface area (Å²) in [5, 5.41) is 0. The Balaban J connectivity index is 2.46. The molecule has 0 amide bonds. The van der Waals surface area contributed by atoms with E-state index in [0.29, 0.717) is 11.4 Å². The normalized spacial score (nSPS) is 12.3. The molecule has 0 fully saturated rings. The molecule has 1 aromatic carbocycles. The monoisotopic (exact) mass is 307 g/mol. The van der Waals surface area contributed by atoms with Gasteiger partial charge in [-0.2, -0.15) is 0 Å². The van der Waals surface area contributed by atoms with Crippen molar-refractivity contribution in [2.75, 3.05) is 35.9 Å². The Morgan fingerprint density at radius 1 is 1.05 bits per heavy atom. The van der Waals surface area contributed by atoms with Crippen LogP contribution in [-0.4, -0.2) is 47.0 Å². The quantitative estimate of drug-likeness (QED) is 0.717. The van der Waals surface area contributed by atoms with Crippen LogP contribution in [0.25, 0.3) is 0 Å². The van der Waals surface area contributed by atoms with Gasteiger partial charge in [0.1, 0.15) is 22.2 Å². The number of hydrogen-bond donors (Lipinski definition) is 1. The molecule has 0 unspecified atom stereocenters. The summed E-state index contributed by atoms with van der Waals surface area (Å²) in [7, 11) is -6.72. The summed E-state index contributed by atoms with van der Waals surface area (Å²) in [6, 6.07) is 6.75. The van der Waals surface area contributed by atoms with Gasteiger partial charge >= 0.3 is 0 Å². The lowest BCUT2D eigenvalue weighted by Crippen LogP contribution is -2.22. The summed E-state index contributed by atoms with van der Waals surface area (Å²) in [6.45, 7) is -0.0552. The highest BCUT2D eigenvalue weighted by atomic mass is 32.2. The number of anilines is 1. The first-order valence-electron chi connectivity index (χ1n) is 5.55. The molecule has 1 rings (SSSR count). The van der Waals surface area contributed by atoms with E-state index in [-0.39, 0.29) is 23.9 Å². The van der Waals surface area contributed by atoms with Crippen LogP contribution in [-0.2, 0) is 19.7 Å². The third-order valence-corrected chi connectivity index (χ3v) is 5.15. The highest BCUT2D eigenvalue weighted by Gasteiger charge is 2.15. The average molecular weight is 307 g/mol. The van der Waals surface area contributed by atoms with Crippen molar-refractivity contribution in [1.29, 1.82) is 0 Å². The first kappa shape index (κ1) is 15.8. The first-order valence-corrected chi connectivity index (χ1v) is 9.43. The molecule has 2 N–H and O–H groups in total. The second-order valence-electron chi connectivity index (χ2n) is 4.17. The van der Waals surface area contributed by atoms with Crippen LogP contribution >= 0.6 is 0 Å². The molecule has 0 bridgehead atoms. The summed E-state index contributed by atoms with van der Waals surface area (Å²) in [5.41, 5.74) is 6.06. The van der Waals surface area contributed by atoms with Gasteiger partial charge in [-0.3, -0.25) is 0 Å². The summed E-state index contributed by atoms with van der Waals surface area (Å²) in [6.07, 6.45) is 1.00. The Morgan fingerprint density at radius 3 is 2.26 bits per heavy atom. The SMILES string of the molecule is CS(=O)(=O)CCS(=O)(=O)CCOc1ccccc1N. The van der Waals surface area contributed by atoms with Crippen molar-refractivity contribution in [1.82, 2.24) is 0 Å². The van der Waals surface area contributed by atoms with Crippen LogP contribution < -0.4 is 10.5 Å². The number of rotatable bonds is 7. The number of sulfone groups is 2. The van der Waals surface area contributed by atoms with Crippen LogP contribution in [0, 0.1) is 0 Å². The second kappa shape index (κ2) is 6.25. The molecule has 0 aliphatic rings. The number of benzene rings is 1. The van der Waals surface area contributed by atoms with E-state index in [0.717, 1.165) is 6.26 Å². The standard InChI is InChI=1S/C11H17NO5S2/c1-18(13,14)8-9-19(15,16)7-6-17-11-5-3-2-4-10(11)12/h2-5H,6-9,12H2,1H3. The topological polar surface area (TPSA) is 104 Å². The van der Waals surface area contributed by atoms with Crippen LogP contribution in [0.15, 0.2) is 24.3 Å². The molecule has 0 aliphatic carbocycles. The molecule has 0 spiro atoms. The predicted molar refractivity (Wildman–Crippen MR) is 74.7 cm³/mol. The number of para-hydroxylation sites is 2. The zero-order chi connectivity index (χ0) is 14.5. The van der Waals surface area contributed by atoms with Crippen LogP contribution in [0.3, 0.4) is 0 Å². The maximum absolute atomic E-state index is 11.6. The molecule has 0 atom stereocenters. The van der Waals surface area contributed by atoms with E-state index in [2.05, 4.69) is 0 Å². The summed E-state index contributed by atoms with van der Waals surface area (Å²) >= 11 is 0. The Kier molecular flexibility index (Phi) is 5.19. The Hall–Kier alpha value is -1.28. The lowest BCUT2D eigenvalue weighted by molar-refractivity contribution is 0.342. The maximum atomic E-state index is 11.6. The predicted octanol–water partition coefficient (Wildman–Crippen LogP) is 0.107. The van der Waals surface area contributed by atoms with Crippen molar-refractivity contribution in [3.8, 4) is 5.75 Å². The molecule has 1 aromatic rings. The minimum absolute atomic E-state index is 0.0552. The van der Waals surface area contributed by atoms with Gasteiger partial charge in [0.15, 0.2) is 9.84 Å². The van der Waals surface area contributed by atoms with Crippen molar-refractivity contribution < 1.29 is 21.6 Å². The Morgan fingerprint density at radius 2 is 1.68 bits per heavy atom. The van der Waals surface area contributed by atoms with E-state index >= 15 is 0 Å². The van der Waals surface area contributed by atoms with Gasteiger partial charge in [-0.1, -0.05) is 12.1 Å². The highest BCUT2D eigenvalue weighted by Crippen LogP contribution is 2.19. The van der Waals surface area contributed by atoms with Gasteiger partial charge in [0.2, 0.25) is 0 Å². The molecule has 0 aliphatic heterocycles. The van der Waals surface area contributed by atoms with Gasteiger partial charge in [0.05, 0.1) is 22.9 Å². The summed E-state index contributed by atoms with van der Waals surface area (Å²) < 4.78 is 50.2. The second-order valence-corrected chi connectivity index (χ2v) is 8.73. The zero-order valence-corrected chi connectivity index (χ0v) is 12.2. The average Bonchev–Trinajstić information content (AvgIpc) is 2.28. The molecule has 19 heavy (non-hydrogen) atoms. The smallest absolute Gasteiger partial charge is 0.154 e. The molecule has 0 saturated heterocycles. The van der Waals surface area contributed by atoms with Crippen LogP contribution in [0.1, 0.15) is 0 Å². The van der Waals surface area contributed by atoms with Gasteiger partial charge in [-0.05, 0) is 12.1 Å². The van der Waals surface area contributed by atoms with Crippen molar-refractivity contribution in [2.24, 2.45) is 0 Å². The molecular formula is C11H17NO5S2. The van der Waals surface area contributed by atoms with Gasteiger partial charge in [-0.25, -0.2) is 16.8 Å². The number of nitrogen functional groups attached to an aromatic ring is 1.